The van der Waals surface area contributed by atoms with E-state index in [4.69, 9.17) is 0 Å². The molecule has 3 rings (SSSR count). The lowest BCUT2D eigenvalue weighted by Crippen LogP contribution is -2.35. The molecule has 0 heterocycles. The van der Waals surface area contributed by atoms with Crippen LogP contribution in [0.25, 0.3) is 0 Å². The second-order valence-electron chi connectivity index (χ2n) is 5.72. The average Bonchev–Trinajstić information content (AvgIpc) is 2.91. The number of nitrogens with one attached hydrogen (secondary N) is 1. The van der Waals surface area contributed by atoms with Crippen LogP contribution in [0.5, 0.6) is 0 Å². The maximum absolute atomic E-state index is 13.2. The van der Waals surface area contributed by atoms with E-state index in [0.29, 0.717) is 6.04 Å². The molecule has 1 aromatic carbocycles. The van der Waals surface area contributed by atoms with Crippen LogP contribution in [0.1, 0.15) is 44.2 Å². The van der Waals surface area contributed by atoms with Crippen molar-refractivity contribution < 1.29 is 4.39 Å². The topological polar surface area (TPSA) is 12.0 Å². The highest BCUT2D eigenvalue weighted by atomic mass is 19.1. The highest BCUT2D eigenvalue weighted by Gasteiger charge is 2.39. The zero-order valence-corrected chi connectivity index (χ0v) is 10.3. The molecular weight excluding hydrogens is 213 g/mol. The first-order valence-corrected chi connectivity index (χ1v) is 6.74. The normalized spacial score (nSPS) is 32.9. The fourth-order valence-electron chi connectivity index (χ4n) is 3.64. The van der Waals surface area contributed by atoms with Crippen molar-refractivity contribution in [2.75, 3.05) is 0 Å². The summed E-state index contributed by atoms with van der Waals surface area (Å²) in [5.74, 6) is 1.69. The number of hydrogen-bond donors (Lipinski definition) is 1. The van der Waals surface area contributed by atoms with Gasteiger partial charge < -0.3 is 5.32 Å². The fourth-order valence-corrected chi connectivity index (χ4v) is 3.64. The van der Waals surface area contributed by atoms with E-state index < -0.39 is 0 Å². The minimum absolute atomic E-state index is 0.135. The van der Waals surface area contributed by atoms with Gasteiger partial charge in [-0.3, -0.25) is 0 Å². The van der Waals surface area contributed by atoms with Gasteiger partial charge in [0.15, 0.2) is 0 Å². The summed E-state index contributed by atoms with van der Waals surface area (Å²) in [6.45, 7) is 2.14. The van der Waals surface area contributed by atoms with Crippen molar-refractivity contribution >= 4 is 0 Å². The van der Waals surface area contributed by atoms with Crippen LogP contribution < -0.4 is 5.32 Å². The third kappa shape index (κ3) is 2.23. The van der Waals surface area contributed by atoms with E-state index in [-0.39, 0.29) is 11.9 Å². The van der Waals surface area contributed by atoms with Gasteiger partial charge in [-0.15, -0.1) is 0 Å². The Labute approximate surface area is 102 Å². The molecule has 0 amide bonds. The van der Waals surface area contributed by atoms with Gasteiger partial charge in [-0.05, 0) is 55.7 Å². The molecule has 0 saturated heterocycles. The van der Waals surface area contributed by atoms with Gasteiger partial charge in [-0.25, -0.2) is 4.39 Å². The van der Waals surface area contributed by atoms with Gasteiger partial charge in [0.25, 0.3) is 0 Å². The second kappa shape index (κ2) is 4.41. The number of halogens is 1. The van der Waals surface area contributed by atoms with E-state index in [1.807, 2.05) is 6.07 Å². The first-order chi connectivity index (χ1) is 8.22. The first-order valence-electron chi connectivity index (χ1n) is 6.74. The van der Waals surface area contributed by atoms with Gasteiger partial charge in [0.05, 0.1) is 0 Å². The number of hydrogen-bond acceptors (Lipinski definition) is 1. The predicted molar refractivity (Wildman–Crippen MR) is 67.2 cm³/mol. The molecule has 17 heavy (non-hydrogen) atoms. The van der Waals surface area contributed by atoms with Gasteiger partial charge >= 0.3 is 0 Å². The lowest BCUT2D eigenvalue weighted by Gasteiger charge is -2.27. The van der Waals surface area contributed by atoms with E-state index in [1.54, 1.807) is 12.1 Å². The summed E-state index contributed by atoms with van der Waals surface area (Å²) in [4.78, 5) is 0. The van der Waals surface area contributed by atoms with Crippen molar-refractivity contribution in [3.05, 3.63) is 35.6 Å². The van der Waals surface area contributed by atoms with Crippen LogP contribution >= 0.6 is 0 Å². The third-order valence-electron chi connectivity index (χ3n) is 4.55. The summed E-state index contributed by atoms with van der Waals surface area (Å²) in [5.41, 5.74) is 1.06. The van der Waals surface area contributed by atoms with Crippen LogP contribution in [-0.2, 0) is 0 Å². The molecular formula is C15H20FN. The quantitative estimate of drug-likeness (QED) is 0.840. The maximum atomic E-state index is 13.2. The minimum Gasteiger partial charge on any atom is -0.307 e. The third-order valence-corrected chi connectivity index (χ3v) is 4.55. The Morgan fingerprint density at radius 3 is 2.82 bits per heavy atom. The number of fused-ring (bicyclic) bond motifs is 2. The van der Waals surface area contributed by atoms with Crippen molar-refractivity contribution in [3.63, 3.8) is 0 Å². The van der Waals surface area contributed by atoms with Crippen LogP contribution in [-0.4, -0.2) is 6.04 Å². The van der Waals surface area contributed by atoms with Crippen LogP contribution in [0, 0.1) is 17.7 Å². The molecule has 2 aliphatic carbocycles. The molecule has 1 N–H and O–H groups in total. The smallest absolute Gasteiger partial charge is 0.123 e. The second-order valence-corrected chi connectivity index (χ2v) is 5.72. The molecule has 0 aliphatic heterocycles. The van der Waals surface area contributed by atoms with E-state index >= 15 is 0 Å². The molecule has 2 aliphatic rings. The Bertz CT molecular complexity index is 404. The standard InChI is InChI=1S/C15H20FN/c1-10(12-3-2-4-14(16)9-12)17-15-8-11-5-6-13(15)7-11/h2-4,9-11,13,15,17H,5-8H2,1H3/t10-,11?,13?,15?/m0/s1. The van der Waals surface area contributed by atoms with Gasteiger partial charge in [-0.2, -0.15) is 0 Å². The molecule has 1 nitrogen and oxygen atoms in total. The summed E-state index contributed by atoms with van der Waals surface area (Å²) in [5, 5.41) is 3.69. The maximum Gasteiger partial charge on any atom is 0.123 e. The lowest BCUT2D eigenvalue weighted by atomic mass is 9.94. The van der Waals surface area contributed by atoms with Gasteiger partial charge in [0, 0.05) is 12.1 Å². The van der Waals surface area contributed by atoms with Crippen LogP contribution in [0.15, 0.2) is 24.3 Å². The summed E-state index contributed by atoms with van der Waals surface area (Å²) in [6.07, 6.45) is 5.55. The highest BCUT2D eigenvalue weighted by molar-refractivity contribution is 5.20. The zero-order valence-electron chi connectivity index (χ0n) is 10.3. The van der Waals surface area contributed by atoms with E-state index in [9.17, 15) is 4.39 Å². The summed E-state index contributed by atoms with van der Waals surface area (Å²) < 4.78 is 13.2. The zero-order chi connectivity index (χ0) is 11.8. The Balaban J connectivity index is 1.65. The molecule has 4 atom stereocenters. The van der Waals surface area contributed by atoms with Gasteiger partial charge in [-0.1, -0.05) is 18.6 Å². The molecule has 2 bridgehead atoms. The largest absolute Gasteiger partial charge is 0.307 e. The molecule has 1 aromatic rings. The molecule has 0 spiro atoms. The van der Waals surface area contributed by atoms with Gasteiger partial charge in [0.2, 0.25) is 0 Å². The molecule has 2 heteroatoms. The Kier molecular flexibility index (Phi) is 2.91. The summed E-state index contributed by atoms with van der Waals surface area (Å²) >= 11 is 0. The van der Waals surface area contributed by atoms with Crippen molar-refractivity contribution in [2.24, 2.45) is 11.8 Å². The predicted octanol–water partition coefficient (Wildman–Crippen LogP) is 3.66. The fraction of sp³-hybridized carbons (Fsp3) is 0.600. The van der Waals surface area contributed by atoms with E-state index in [1.165, 1.54) is 31.7 Å². The number of rotatable bonds is 3. The first kappa shape index (κ1) is 11.2. The monoisotopic (exact) mass is 233 g/mol. The van der Waals surface area contributed by atoms with Crippen LogP contribution in [0.3, 0.4) is 0 Å². The molecule has 0 aromatic heterocycles. The highest BCUT2D eigenvalue weighted by Crippen LogP contribution is 2.45. The molecule has 0 radical (unpaired) electrons. The van der Waals surface area contributed by atoms with Crippen molar-refractivity contribution in [2.45, 2.75) is 44.7 Å². The van der Waals surface area contributed by atoms with Gasteiger partial charge in [0.1, 0.15) is 5.82 Å². The van der Waals surface area contributed by atoms with Crippen molar-refractivity contribution in [3.8, 4) is 0 Å². The van der Waals surface area contributed by atoms with Crippen LogP contribution in [0.2, 0.25) is 0 Å². The number of benzene rings is 1. The van der Waals surface area contributed by atoms with E-state index in [2.05, 4.69) is 12.2 Å². The SMILES string of the molecule is C[C@H](NC1CC2CCC1C2)c1cccc(F)c1. The molecule has 3 unspecified atom stereocenters. The van der Waals surface area contributed by atoms with Crippen LogP contribution in [0.4, 0.5) is 4.39 Å². The Morgan fingerprint density at radius 1 is 1.29 bits per heavy atom. The lowest BCUT2D eigenvalue weighted by molar-refractivity contribution is 0.326. The summed E-state index contributed by atoms with van der Waals surface area (Å²) in [6, 6.07) is 7.87. The Morgan fingerprint density at radius 2 is 2.18 bits per heavy atom. The molecule has 2 saturated carbocycles. The van der Waals surface area contributed by atoms with E-state index in [0.717, 1.165) is 17.4 Å². The molecule has 92 valence electrons. The Hall–Kier alpha value is -0.890. The minimum atomic E-state index is -0.135. The average molecular weight is 233 g/mol. The molecule has 2 fully saturated rings. The van der Waals surface area contributed by atoms with Crippen molar-refractivity contribution in [1.82, 2.24) is 5.32 Å². The summed E-state index contributed by atoms with van der Waals surface area (Å²) in [7, 11) is 0. The van der Waals surface area contributed by atoms with Crippen molar-refractivity contribution in [1.29, 1.82) is 0 Å².